The van der Waals surface area contributed by atoms with Crippen LogP contribution in [0.2, 0.25) is 0 Å². The molecule has 0 unspecified atom stereocenters. The molecular formula is C14H21NO2. The van der Waals surface area contributed by atoms with Gasteiger partial charge in [0.2, 0.25) is 0 Å². The van der Waals surface area contributed by atoms with Crippen molar-refractivity contribution in [2.45, 2.75) is 20.4 Å². The summed E-state index contributed by atoms with van der Waals surface area (Å²) in [4.78, 5) is 0. The van der Waals surface area contributed by atoms with Crippen LogP contribution in [0.3, 0.4) is 0 Å². The molecule has 0 fully saturated rings. The van der Waals surface area contributed by atoms with E-state index in [1.807, 2.05) is 31.2 Å². The Morgan fingerprint density at radius 3 is 2.82 bits per heavy atom. The zero-order chi connectivity index (χ0) is 12.5. The predicted molar refractivity (Wildman–Crippen MR) is 70.7 cm³/mol. The van der Waals surface area contributed by atoms with E-state index in [9.17, 15) is 0 Å². The maximum atomic E-state index is 5.74. The molecule has 0 radical (unpaired) electrons. The molecular weight excluding hydrogens is 214 g/mol. The molecule has 1 aromatic carbocycles. The summed E-state index contributed by atoms with van der Waals surface area (Å²) in [5.41, 5.74) is 1.12. The molecule has 0 saturated heterocycles. The fraction of sp³-hybridized carbons (Fsp3) is 0.429. The van der Waals surface area contributed by atoms with Crippen LogP contribution in [0, 0.1) is 0 Å². The van der Waals surface area contributed by atoms with Gasteiger partial charge in [0.1, 0.15) is 6.61 Å². The molecule has 0 bridgehead atoms. The molecule has 1 aromatic rings. The van der Waals surface area contributed by atoms with E-state index in [0.29, 0.717) is 6.61 Å². The molecule has 3 nitrogen and oxygen atoms in total. The van der Waals surface area contributed by atoms with Gasteiger partial charge in [0, 0.05) is 12.1 Å². The van der Waals surface area contributed by atoms with E-state index < -0.39 is 0 Å². The third-order valence-corrected chi connectivity index (χ3v) is 2.41. The summed E-state index contributed by atoms with van der Waals surface area (Å²) in [6.07, 6.45) is 3.95. The van der Waals surface area contributed by atoms with Crippen molar-refractivity contribution in [1.82, 2.24) is 5.32 Å². The van der Waals surface area contributed by atoms with Crippen LogP contribution >= 0.6 is 0 Å². The van der Waals surface area contributed by atoms with Gasteiger partial charge in [-0.25, -0.2) is 0 Å². The summed E-state index contributed by atoms with van der Waals surface area (Å²) < 4.78 is 11.1. The summed E-state index contributed by atoms with van der Waals surface area (Å²) in [6, 6.07) is 5.95. The van der Waals surface area contributed by atoms with Gasteiger partial charge in [0.15, 0.2) is 11.5 Å². The van der Waals surface area contributed by atoms with Gasteiger partial charge >= 0.3 is 0 Å². The van der Waals surface area contributed by atoms with Gasteiger partial charge in [-0.15, -0.1) is 0 Å². The van der Waals surface area contributed by atoms with Gasteiger partial charge < -0.3 is 14.8 Å². The lowest BCUT2D eigenvalue weighted by Crippen LogP contribution is -2.13. The minimum atomic E-state index is 0.565. The van der Waals surface area contributed by atoms with E-state index in [1.165, 1.54) is 0 Å². The summed E-state index contributed by atoms with van der Waals surface area (Å²) in [5.74, 6) is 1.61. The van der Waals surface area contributed by atoms with Crippen molar-refractivity contribution in [2.75, 3.05) is 20.3 Å². The molecule has 0 heterocycles. The molecule has 0 spiro atoms. The normalized spacial score (nSPS) is 10.8. The quantitative estimate of drug-likeness (QED) is 0.737. The fourth-order valence-electron chi connectivity index (χ4n) is 1.51. The minimum absolute atomic E-state index is 0.565. The number of hydrogen-bond donors (Lipinski definition) is 1. The smallest absolute Gasteiger partial charge is 0.166 e. The van der Waals surface area contributed by atoms with Gasteiger partial charge in [0.05, 0.1) is 7.11 Å². The van der Waals surface area contributed by atoms with Crippen LogP contribution in [-0.2, 0) is 6.54 Å². The summed E-state index contributed by atoms with van der Waals surface area (Å²) >= 11 is 0. The van der Waals surface area contributed by atoms with Gasteiger partial charge in [-0.2, -0.15) is 0 Å². The lowest BCUT2D eigenvalue weighted by Gasteiger charge is -2.14. The van der Waals surface area contributed by atoms with Gasteiger partial charge in [-0.3, -0.25) is 0 Å². The Hall–Kier alpha value is -1.48. The van der Waals surface area contributed by atoms with Crippen LogP contribution < -0.4 is 14.8 Å². The highest BCUT2D eigenvalue weighted by Gasteiger charge is 2.09. The van der Waals surface area contributed by atoms with E-state index in [0.717, 1.165) is 30.2 Å². The van der Waals surface area contributed by atoms with Crippen LogP contribution in [0.1, 0.15) is 19.4 Å². The number of nitrogens with one attached hydrogen (secondary N) is 1. The standard InChI is InChI=1S/C14H21NO2/c1-4-6-10-17-14-12(11-15-5-2)8-7-9-13(14)16-3/h4,6-9,15H,5,10-11H2,1-3H3/b6-4+. The summed E-state index contributed by atoms with van der Waals surface area (Å²) in [5, 5.41) is 3.29. The second-order valence-corrected chi connectivity index (χ2v) is 3.61. The summed E-state index contributed by atoms with van der Waals surface area (Å²) in [7, 11) is 1.66. The fourth-order valence-corrected chi connectivity index (χ4v) is 1.51. The molecule has 1 N–H and O–H groups in total. The molecule has 0 aliphatic heterocycles. The van der Waals surface area contributed by atoms with E-state index in [1.54, 1.807) is 7.11 Å². The van der Waals surface area contributed by atoms with Gasteiger partial charge in [-0.1, -0.05) is 31.2 Å². The van der Waals surface area contributed by atoms with E-state index in [4.69, 9.17) is 9.47 Å². The Labute approximate surface area is 103 Å². The molecule has 0 aliphatic carbocycles. The van der Waals surface area contributed by atoms with Crippen molar-refractivity contribution in [3.8, 4) is 11.5 Å². The molecule has 3 heteroatoms. The molecule has 0 amide bonds. The van der Waals surface area contributed by atoms with Gasteiger partial charge in [-0.05, 0) is 19.5 Å². The highest BCUT2D eigenvalue weighted by Crippen LogP contribution is 2.30. The van der Waals surface area contributed by atoms with Crippen molar-refractivity contribution in [2.24, 2.45) is 0 Å². The molecule has 0 atom stereocenters. The molecule has 0 aromatic heterocycles. The molecule has 1 rings (SSSR count). The van der Waals surface area contributed by atoms with E-state index in [-0.39, 0.29) is 0 Å². The van der Waals surface area contributed by atoms with Crippen molar-refractivity contribution in [3.05, 3.63) is 35.9 Å². The van der Waals surface area contributed by atoms with Crippen molar-refractivity contribution in [3.63, 3.8) is 0 Å². The lowest BCUT2D eigenvalue weighted by molar-refractivity contribution is 0.322. The molecule has 0 saturated carbocycles. The first-order valence-electron chi connectivity index (χ1n) is 5.94. The molecule has 0 aliphatic rings. The Kier molecular flexibility index (Phi) is 6.18. The SMILES string of the molecule is C/C=C/COc1c(CNCC)cccc1OC. The first kappa shape index (κ1) is 13.6. The van der Waals surface area contributed by atoms with Crippen LogP contribution in [0.25, 0.3) is 0 Å². The lowest BCUT2D eigenvalue weighted by atomic mass is 10.2. The number of para-hydroxylation sites is 1. The Morgan fingerprint density at radius 2 is 2.18 bits per heavy atom. The number of methoxy groups -OCH3 is 1. The maximum Gasteiger partial charge on any atom is 0.166 e. The highest BCUT2D eigenvalue weighted by atomic mass is 16.5. The minimum Gasteiger partial charge on any atom is -0.493 e. The Balaban J connectivity index is 2.85. The predicted octanol–water partition coefficient (Wildman–Crippen LogP) is 2.76. The number of hydrogen-bond acceptors (Lipinski definition) is 3. The third-order valence-electron chi connectivity index (χ3n) is 2.41. The van der Waals surface area contributed by atoms with Crippen LogP contribution in [0.5, 0.6) is 11.5 Å². The van der Waals surface area contributed by atoms with Crippen LogP contribution in [0.4, 0.5) is 0 Å². The topological polar surface area (TPSA) is 30.5 Å². The maximum absolute atomic E-state index is 5.74. The van der Waals surface area contributed by atoms with Gasteiger partial charge in [0.25, 0.3) is 0 Å². The van der Waals surface area contributed by atoms with Crippen molar-refractivity contribution < 1.29 is 9.47 Å². The zero-order valence-electron chi connectivity index (χ0n) is 10.8. The van der Waals surface area contributed by atoms with E-state index >= 15 is 0 Å². The van der Waals surface area contributed by atoms with Crippen molar-refractivity contribution in [1.29, 1.82) is 0 Å². The first-order valence-corrected chi connectivity index (χ1v) is 5.94. The number of benzene rings is 1. The Bertz CT molecular complexity index is 361. The largest absolute Gasteiger partial charge is 0.493 e. The average molecular weight is 235 g/mol. The first-order chi connectivity index (χ1) is 8.33. The number of rotatable bonds is 7. The van der Waals surface area contributed by atoms with E-state index in [2.05, 4.69) is 18.3 Å². The summed E-state index contributed by atoms with van der Waals surface area (Å²) in [6.45, 7) is 6.35. The number of allylic oxidation sites excluding steroid dienone is 1. The Morgan fingerprint density at radius 1 is 1.35 bits per heavy atom. The second-order valence-electron chi connectivity index (χ2n) is 3.61. The average Bonchev–Trinajstić information content (AvgIpc) is 2.37. The van der Waals surface area contributed by atoms with Crippen molar-refractivity contribution >= 4 is 0 Å². The zero-order valence-corrected chi connectivity index (χ0v) is 10.8. The second kappa shape index (κ2) is 7.74. The van der Waals surface area contributed by atoms with Crippen LogP contribution in [0.15, 0.2) is 30.4 Å². The third kappa shape index (κ3) is 4.11. The number of ether oxygens (including phenoxy) is 2. The monoisotopic (exact) mass is 235 g/mol. The molecule has 17 heavy (non-hydrogen) atoms. The highest BCUT2D eigenvalue weighted by molar-refractivity contribution is 5.46. The van der Waals surface area contributed by atoms with Crippen LogP contribution in [-0.4, -0.2) is 20.3 Å². The molecule has 94 valence electrons.